The van der Waals surface area contributed by atoms with Crippen molar-refractivity contribution in [3.8, 4) is 23.0 Å². The smallest absolute Gasteiger partial charge is 0.395 e. The first-order valence-electron chi connectivity index (χ1n) is 9.10. The molecule has 4 rings (SSSR count). The van der Waals surface area contributed by atoms with Gasteiger partial charge in [-0.25, -0.2) is 9.59 Å². The highest BCUT2D eigenvalue weighted by Gasteiger charge is 2.16. The molecule has 0 unspecified atom stereocenters. The average molecular weight is 400 g/mol. The summed E-state index contributed by atoms with van der Waals surface area (Å²) in [6.45, 7) is 0. The van der Waals surface area contributed by atoms with Gasteiger partial charge >= 0.3 is 12.3 Å². The minimum atomic E-state index is -0.872. The molecule has 148 valence electrons. The molecule has 4 aromatic carbocycles. The third kappa shape index (κ3) is 4.56. The summed E-state index contributed by atoms with van der Waals surface area (Å²) in [6.07, 6.45) is -1.74. The first-order chi connectivity index (χ1) is 14.7. The molecule has 30 heavy (non-hydrogen) atoms. The van der Waals surface area contributed by atoms with Crippen LogP contribution in [0.4, 0.5) is 9.59 Å². The van der Waals surface area contributed by atoms with Crippen molar-refractivity contribution >= 4 is 23.1 Å². The summed E-state index contributed by atoms with van der Waals surface area (Å²) in [7, 11) is 0. The Labute approximate surface area is 172 Å². The lowest BCUT2D eigenvalue weighted by molar-refractivity contribution is 0.150. The number of rotatable bonds is 4. The van der Waals surface area contributed by atoms with E-state index in [2.05, 4.69) is 0 Å². The van der Waals surface area contributed by atoms with E-state index in [9.17, 15) is 9.59 Å². The predicted octanol–water partition coefficient (Wildman–Crippen LogP) is 6.00. The summed E-state index contributed by atoms with van der Waals surface area (Å²) in [4.78, 5) is 24.3. The fraction of sp³-hybridized carbons (Fsp3) is 0. The van der Waals surface area contributed by atoms with Gasteiger partial charge in [-0.3, -0.25) is 0 Å². The summed E-state index contributed by atoms with van der Waals surface area (Å²) >= 11 is 0. The summed E-state index contributed by atoms with van der Waals surface area (Å²) in [5.74, 6) is 1.29. The summed E-state index contributed by atoms with van der Waals surface area (Å²) in [6, 6.07) is 27.3. The molecule has 0 spiro atoms. The van der Waals surface area contributed by atoms with Gasteiger partial charge in [0.2, 0.25) is 0 Å². The molecule has 0 saturated heterocycles. The predicted molar refractivity (Wildman–Crippen MR) is 110 cm³/mol. The number of ether oxygens (including phenoxy) is 4. The highest BCUT2D eigenvalue weighted by molar-refractivity contribution is 5.95. The molecule has 0 N–H and O–H groups in total. The van der Waals surface area contributed by atoms with Crippen molar-refractivity contribution in [1.29, 1.82) is 0 Å². The quantitative estimate of drug-likeness (QED) is 0.309. The van der Waals surface area contributed by atoms with E-state index in [-0.39, 0.29) is 11.5 Å². The number of carbonyl (C=O) groups is 2. The van der Waals surface area contributed by atoms with E-state index >= 15 is 0 Å². The summed E-state index contributed by atoms with van der Waals surface area (Å²) < 4.78 is 21.0. The minimum Gasteiger partial charge on any atom is -0.395 e. The molecule has 0 aromatic heterocycles. The van der Waals surface area contributed by atoms with E-state index in [1.807, 2.05) is 12.1 Å². The Bertz CT molecular complexity index is 1080. The van der Waals surface area contributed by atoms with Crippen LogP contribution in [0.2, 0.25) is 0 Å². The molecule has 0 heterocycles. The van der Waals surface area contributed by atoms with Gasteiger partial charge in [0.05, 0.1) is 0 Å². The molecule has 0 aliphatic heterocycles. The van der Waals surface area contributed by atoms with E-state index in [1.54, 1.807) is 72.8 Å². The molecule has 4 aromatic rings. The average Bonchev–Trinajstić information content (AvgIpc) is 2.77. The highest BCUT2D eigenvalue weighted by Crippen LogP contribution is 2.33. The molecule has 6 heteroatoms. The van der Waals surface area contributed by atoms with Crippen molar-refractivity contribution in [3.05, 3.63) is 97.1 Å². The Morgan fingerprint density at radius 3 is 1.20 bits per heavy atom. The lowest BCUT2D eigenvalue weighted by Crippen LogP contribution is -2.15. The van der Waals surface area contributed by atoms with Crippen molar-refractivity contribution in [1.82, 2.24) is 0 Å². The van der Waals surface area contributed by atoms with Gasteiger partial charge in [-0.05, 0) is 36.4 Å². The van der Waals surface area contributed by atoms with Gasteiger partial charge in [-0.2, -0.15) is 0 Å². The van der Waals surface area contributed by atoms with Crippen LogP contribution in [-0.2, 0) is 0 Å². The molecule has 0 atom stereocenters. The number of para-hydroxylation sites is 2. The minimum absolute atomic E-state index is 0.273. The van der Waals surface area contributed by atoms with Gasteiger partial charge in [0.15, 0.2) is 0 Å². The topological polar surface area (TPSA) is 71.1 Å². The zero-order valence-electron chi connectivity index (χ0n) is 15.7. The molecule has 0 aliphatic carbocycles. The van der Waals surface area contributed by atoms with E-state index in [1.165, 1.54) is 12.1 Å². The summed E-state index contributed by atoms with van der Waals surface area (Å²) in [5, 5.41) is 1.15. The number of fused-ring (bicyclic) bond motifs is 1. The van der Waals surface area contributed by atoms with Crippen molar-refractivity contribution in [3.63, 3.8) is 0 Å². The van der Waals surface area contributed by atoms with Gasteiger partial charge in [0, 0.05) is 10.8 Å². The fourth-order valence-corrected chi connectivity index (χ4v) is 2.81. The Morgan fingerprint density at radius 1 is 0.433 bits per heavy atom. The SMILES string of the molecule is O=C(Oc1ccccc1)Oc1ccc(OC(=O)Oc2ccccc2)c2ccccc12. The van der Waals surface area contributed by atoms with E-state index < -0.39 is 12.3 Å². The zero-order chi connectivity index (χ0) is 20.8. The van der Waals surface area contributed by atoms with Crippen LogP contribution in [0, 0.1) is 0 Å². The number of hydrogen-bond donors (Lipinski definition) is 0. The van der Waals surface area contributed by atoms with Gasteiger partial charge < -0.3 is 18.9 Å². The molecular weight excluding hydrogens is 384 g/mol. The van der Waals surface area contributed by atoms with E-state index in [4.69, 9.17) is 18.9 Å². The lowest BCUT2D eigenvalue weighted by atomic mass is 10.1. The molecule has 0 bridgehead atoms. The van der Waals surface area contributed by atoms with Crippen molar-refractivity contribution in [2.75, 3.05) is 0 Å². The second kappa shape index (κ2) is 8.79. The fourth-order valence-electron chi connectivity index (χ4n) is 2.81. The maximum absolute atomic E-state index is 12.1. The van der Waals surface area contributed by atoms with Crippen molar-refractivity contribution in [2.24, 2.45) is 0 Å². The van der Waals surface area contributed by atoms with E-state index in [0.717, 1.165) is 0 Å². The normalized spacial score (nSPS) is 10.3. The highest BCUT2D eigenvalue weighted by atomic mass is 16.7. The second-order valence-electron chi connectivity index (χ2n) is 6.14. The molecule has 0 fully saturated rings. The van der Waals surface area contributed by atoms with E-state index in [0.29, 0.717) is 22.3 Å². The summed E-state index contributed by atoms with van der Waals surface area (Å²) in [5.41, 5.74) is 0. The second-order valence-corrected chi connectivity index (χ2v) is 6.14. The molecule has 0 amide bonds. The Morgan fingerprint density at radius 2 is 0.800 bits per heavy atom. The first kappa shape index (κ1) is 19.0. The van der Waals surface area contributed by atoms with Crippen LogP contribution in [0.3, 0.4) is 0 Å². The Balaban J connectivity index is 1.52. The van der Waals surface area contributed by atoms with Crippen LogP contribution < -0.4 is 18.9 Å². The van der Waals surface area contributed by atoms with Crippen molar-refractivity contribution < 1.29 is 28.5 Å². The Hall–Kier alpha value is -4.32. The van der Waals surface area contributed by atoms with Crippen molar-refractivity contribution in [2.45, 2.75) is 0 Å². The third-order valence-corrected chi connectivity index (χ3v) is 4.12. The first-order valence-corrected chi connectivity index (χ1v) is 9.10. The largest absolute Gasteiger partial charge is 0.519 e. The molecular formula is C24H16O6. The van der Waals surface area contributed by atoms with Crippen LogP contribution >= 0.6 is 0 Å². The number of benzene rings is 4. The van der Waals surface area contributed by atoms with Crippen LogP contribution in [0.15, 0.2) is 97.1 Å². The monoisotopic (exact) mass is 400 g/mol. The maximum atomic E-state index is 12.1. The molecule has 0 radical (unpaired) electrons. The van der Waals surface area contributed by atoms with Gasteiger partial charge in [0.25, 0.3) is 0 Å². The Kier molecular flexibility index (Phi) is 5.57. The lowest BCUT2D eigenvalue weighted by Gasteiger charge is -2.12. The molecule has 0 saturated carbocycles. The zero-order valence-corrected chi connectivity index (χ0v) is 15.7. The van der Waals surface area contributed by atoms with Crippen LogP contribution in [0.1, 0.15) is 0 Å². The van der Waals surface area contributed by atoms with Gasteiger partial charge in [-0.1, -0.05) is 60.7 Å². The number of carbonyl (C=O) groups excluding carboxylic acids is 2. The van der Waals surface area contributed by atoms with Crippen LogP contribution in [0.25, 0.3) is 10.8 Å². The standard InChI is InChI=1S/C24H16O6/c25-23(27-17-9-3-1-4-10-17)29-21-15-16-22(20-14-8-7-13-19(20)21)30-24(26)28-18-11-5-2-6-12-18/h1-16H. The van der Waals surface area contributed by atoms with Crippen LogP contribution in [-0.4, -0.2) is 12.3 Å². The molecule has 0 aliphatic rings. The van der Waals surface area contributed by atoms with Gasteiger partial charge in [0.1, 0.15) is 23.0 Å². The number of hydrogen-bond acceptors (Lipinski definition) is 6. The molecule has 6 nitrogen and oxygen atoms in total. The van der Waals surface area contributed by atoms with Crippen LogP contribution in [0.5, 0.6) is 23.0 Å². The third-order valence-electron chi connectivity index (χ3n) is 4.12. The van der Waals surface area contributed by atoms with Gasteiger partial charge in [-0.15, -0.1) is 0 Å². The maximum Gasteiger partial charge on any atom is 0.519 e.